The third-order valence-corrected chi connectivity index (χ3v) is 5.56. The van der Waals surface area contributed by atoms with Crippen LogP contribution in [0.2, 0.25) is 0 Å². The predicted octanol–water partition coefficient (Wildman–Crippen LogP) is 2.72. The number of carbonyl (C=O) groups excluding carboxylic acids is 1. The summed E-state index contributed by atoms with van der Waals surface area (Å²) in [6.07, 6.45) is 6.97. The van der Waals surface area contributed by atoms with Crippen molar-refractivity contribution in [2.75, 3.05) is 13.1 Å². The van der Waals surface area contributed by atoms with Gasteiger partial charge in [0.1, 0.15) is 5.60 Å². The number of rotatable bonds is 2. The van der Waals surface area contributed by atoms with Gasteiger partial charge in [0, 0.05) is 49.2 Å². The van der Waals surface area contributed by atoms with E-state index < -0.39 is 0 Å². The highest BCUT2D eigenvalue weighted by Gasteiger charge is 2.46. The van der Waals surface area contributed by atoms with Crippen LogP contribution in [-0.4, -0.2) is 45.4 Å². The number of likely N-dealkylation sites (tertiary alicyclic amines) is 1. The van der Waals surface area contributed by atoms with Crippen molar-refractivity contribution in [3.05, 3.63) is 30.0 Å². The number of amides is 1. The minimum Gasteiger partial charge on any atom is -0.389 e. The highest BCUT2D eigenvalue weighted by atomic mass is 16.7. The minimum absolute atomic E-state index is 0.0919. The largest absolute Gasteiger partial charge is 0.389 e. The van der Waals surface area contributed by atoms with Crippen molar-refractivity contribution in [3.8, 4) is 0 Å². The SMILES string of the molecule is O=C(c1ccc2[nH]ncc2c1)N1CCC2(CC1)CC(C1CC1)=NO2. The summed E-state index contributed by atoms with van der Waals surface area (Å²) in [5.74, 6) is 0.764. The summed E-state index contributed by atoms with van der Waals surface area (Å²) in [5.41, 5.74) is 2.78. The molecule has 3 aliphatic rings. The van der Waals surface area contributed by atoms with Gasteiger partial charge in [0.25, 0.3) is 5.91 Å². The van der Waals surface area contributed by atoms with Gasteiger partial charge in [-0.3, -0.25) is 9.89 Å². The smallest absolute Gasteiger partial charge is 0.253 e. The van der Waals surface area contributed by atoms with Crippen LogP contribution in [0.15, 0.2) is 29.6 Å². The Morgan fingerprint density at radius 3 is 2.92 bits per heavy atom. The van der Waals surface area contributed by atoms with Crippen molar-refractivity contribution in [2.45, 2.75) is 37.7 Å². The second kappa shape index (κ2) is 5.06. The van der Waals surface area contributed by atoms with E-state index in [2.05, 4.69) is 15.4 Å². The van der Waals surface area contributed by atoms with E-state index >= 15 is 0 Å². The molecule has 1 spiro atoms. The number of H-pyrrole nitrogens is 1. The number of benzene rings is 1. The minimum atomic E-state index is -0.150. The number of nitrogens with zero attached hydrogens (tertiary/aromatic N) is 3. The summed E-state index contributed by atoms with van der Waals surface area (Å²) in [5, 5.41) is 12.2. The average molecular weight is 324 g/mol. The van der Waals surface area contributed by atoms with E-state index in [1.54, 1.807) is 6.20 Å². The van der Waals surface area contributed by atoms with Crippen LogP contribution in [0.25, 0.3) is 10.9 Å². The lowest BCUT2D eigenvalue weighted by atomic mass is 9.86. The summed E-state index contributed by atoms with van der Waals surface area (Å²) < 4.78 is 0. The molecule has 0 bridgehead atoms. The molecule has 0 radical (unpaired) electrons. The second-order valence-electron chi connectivity index (χ2n) is 7.27. The molecule has 1 amide bonds. The van der Waals surface area contributed by atoms with Crippen molar-refractivity contribution >= 4 is 22.5 Å². The van der Waals surface area contributed by atoms with Crippen LogP contribution in [0.1, 0.15) is 42.5 Å². The topological polar surface area (TPSA) is 70.6 Å². The van der Waals surface area contributed by atoms with E-state index in [9.17, 15) is 4.79 Å². The molecule has 2 aliphatic heterocycles. The summed E-state index contributed by atoms with van der Waals surface area (Å²) in [4.78, 5) is 20.5. The fraction of sp³-hybridized carbons (Fsp3) is 0.500. The van der Waals surface area contributed by atoms with Crippen LogP contribution in [0.4, 0.5) is 0 Å². The van der Waals surface area contributed by atoms with E-state index in [4.69, 9.17) is 4.84 Å². The van der Waals surface area contributed by atoms with Crippen molar-refractivity contribution < 1.29 is 9.63 Å². The maximum atomic E-state index is 12.8. The summed E-state index contributed by atoms with van der Waals surface area (Å²) in [6, 6.07) is 5.69. The molecule has 1 saturated heterocycles. The summed E-state index contributed by atoms with van der Waals surface area (Å²) in [6.45, 7) is 1.46. The first-order valence-electron chi connectivity index (χ1n) is 8.70. The number of aromatic amines is 1. The Hall–Kier alpha value is -2.37. The number of oxime groups is 1. The molecule has 3 heterocycles. The van der Waals surface area contributed by atoms with Crippen LogP contribution in [0.3, 0.4) is 0 Å². The van der Waals surface area contributed by atoms with E-state index in [1.165, 1.54) is 18.6 Å². The van der Waals surface area contributed by atoms with Crippen LogP contribution in [0, 0.1) is 5.92 Å². The van der Waals surface area contributed by atoms with Gasteiger partial charge in [-0.2, -0.15) is 5.10 Å². The fourth-order valence-corrected chi connectivity index (χ4v) is 3.83. The zero-order valence-electron chi connectivity index (χ0n) is 13.5. The van der Waals surface area contributed by atoms with Crippen LogP contribution in [-0.2, 0) is 4.84 Å². The number of fused-ring (bicyclic) bond motifs is 1. The van der Waals surface area contributed by atoms with Gasteiger partial charge in [0.15, 0.2) is 0 Å². The van der Waals surface area contributed by atoms with Gasteiger partial charge in [-0.1, -0.05) is 5.16 Å². The number of aromatic nitrogens is 2. The maximum absolute atomic E-state index is 12.8. The van der Waals surface area contributed by atoms with Gasteiger partial charge >= 0.3 is 0 Å². The normalized spacial score (nSPS) is 22.7. The predicted molar refractivity (Wildman–Crippen MR) is 89.8 cm³/mol. The van der Waals surface area contributed by atoms with Crippen LogP contribution < -0.4 is 0 Å². The number of carbonyl (C=O) groups is 1. The Morgan fingerprint density at radius 1 is 1.29 bits per heavy atom. The molecule has 2 aromatic rings. The molecule has 124 valence electrons. The van der Waals surface area contributed by atoms with Gasteiger partial charge in [0.2, 0.25) is 0 Å². The Bertz CT molecular complexity index is 828. The van der Waals surface area contributed by atoms with Gasteiger partial charge in [-0.15, -0.1) is 0 Å². The fourth-order valence-electron chi connectivity index (χ4n) is 3.83. The molecule has 1 aliphatic carbocycles. The van der Waals surface area contributed by atoms with Crippen LogP contribution >= 0.6 is 0 Å². The molecular formula is C18H20N4O2. The third-order valence-electron chi connectivity index (χ3n) is 5.56. The number of nitrogens with one attached hydrogen (secondary N) is 1. The molecule has 1 N–H and O–H groups in total. The van der Waals surface area contributed by atoms with Crippen molar-refractivity contribution in [1.82, 2.24) is 15.1 Å². The summed E-state index contributed by atoms with van der Waals surface area (Å²) in [7, 11) is 0. The van der Waals surface area contributed by atoms with E-state index in [0.717, 1.165) is 48.8 Å². The molecule has 2 fully saturated rings. The van der Waals surface area contributed by atoms with Crippen LogP contribution in [0.5, 0.6) is 0 Å². The number of hydrogen-bond donors (Lipinski definition) is 1. The lowest BCUT2D eigenvalue weighted by Gasteiger charge is -2.37. The molecule has 1 aromatic heterocycles. The highest BCUT2D eigenvalue weighted by Crippen LogP contribution is 2.42. The monoisotopic (exact) mass is 324 g/mol. The van der Waals surface area contributed by atoms with Crippen molar-refractivity contribution in [1.29, 1.82) is 0 Å². The number of piperidine rings is 1. The van der Waals surface area contributed by atoms with E-state index in [1.807, 2.05) is 23.1 Å². The average Bonchev–Trinajstić information content (AvgIpc) is 3.22. The summed E-state index contributed by atoms with van der Waals surface area (Å²) >= 11 is 0. The first-order valence-corrected chi connectivity index (χ1v) is 8.70. The van der Waals surface area contributed by atoms with Crippen molar-refractivity contribution in [2.24, 2.45) is 11.1 Å². The van der Waals surface area contributed by atoms with E-state index in [-0.39, 0.29) is 11.5 Å². The number of hydrogen-bond acceptors (Lipinski definition) is 4. The van der Waals surface area contributed by atoms with Gasteiger partial charge in [-0.05, 0) is 31.0 Å². The lowest BCUT2D eigenvalue weighted by molar-refractivity contribution is -0.0568. The Morgan fingerprint density at radius 2 is 2.12 bits per heavy atom. The van der Waals surface area contributed by atoms with Gasteiger partial charge in [0.05, 0.1) is 17.4 Å². The standard InChI is InChI=1S/C18H20N4O2/c23-17(13-3-4-15-14(9-13)11-19-20-15)22-7-5-18(6-8-22)10-16(21-24-18)12-1-2-12/h3-4,9,11-12H,1-2,5-8,10H2,(H,19,20). The molecule has 24 heavy (non-hydrogen) atoms. The molecule has 6 nitrogen and oxygen atoms in total. The quantitative estimate of drug-likeness (QED) is 0.923. The Balaban J connectivity index is 1.27. The molecule has 5 rings (SSSR count). The highest BCUT2D eigenvalue weighted by molar-refractivity contribution is 5.98. The first-order chi connectivity index (χ1) is 11.7. The molecule has 6 heteroatoms. The molecular weight excluding hydrogens is 304 g/mol. The van der Waals surface area contributed by atoms with Gasteiger partial charge in [-0.25, -0.2) is 0 Å². The Kier molecular flexibility index (Phi) is 2.96. The van der Waals surface area contributed by atoms with Gasteiger partial charge < -0.3 is 9.74 Å². The Labute approximate surface area is 139 Å². The molecule has 0 unspecified atom stereocenters. The van der Waals surface area contributed by atoms with E-state index in [0.29, 0.717) is 5.92 Å². The molecule has 0 atom stereocenters. The first kappa shape index (κ1) is 14.0. The second-order valence-corrected chi connectivity index (χ2v) is 7.27. The third kappa shape index (κ3) is 2.28. The lowest BCUT2D eigenvalue weighted by Crippen LogP contribution is -2.46. The zero-order valence-corrected chi connectivity index (χ0v) is 13.5. The zero-order chi connectivity index (χ0) is 16.1. The maximum Gasteiger partial charge on any atom is 0.253 e. The molecule has 1 saturated carbocycles. The molecule has 1 aromatic carbocycles. The van der Waals surface area contributed by atoms with Crippen molar-refractivity contribution in [3.63, 3.8) is 0 Å².